The number of likely N-dealkylation sites (tertiary alicyclic amines) is 1. The second-order valence-corrected chi connectivity index (χ2v) is 5.04. The zero-order valence-electron chi connectivity index (χ0n) is 11.8. The van der Waals surface area contributed by atoms with Gasteiger partial charge in [-0.1, -0.05) is 6.07 Å². The fourth-order valence-corrected chi connectivity index (χ4v) is 2.46. The lowest BCUT2D eigenvalue weighted by Crippen LogP contribution is -2.38. The van der Waals surface area contributed by atoms with Gasteiger partial charge in [-0.15, -0.1) is 0 Å². The van der Waals surface area contributed by atoms with Crippen LogP contribution in [0, 0.1) is 0 Å². The molecule has 1 aromatic rings. The van der Waals surface area contributed by atoms with Crippen LogP contribution in [0.25, 0.3) is 0 Å². The minimum Gasteiger partial charge on any atom is -0.493 e. The minimum absolute atomic E-state index is 0.00179. The number of hydrogen-bond donors (Lipinski definition) is 0. The van der Waals surface area contributed by atoms with E-state index in [9.17, 15) is 4.79 Å². The first-order chi connectivity index (χ1) is 9.11. The number of nitrogens with zero attached hydrogens (tertiary/aromatic N) is 1. The first-order valence-corrected chi connectivity index (χ1v) is 6.65. The van der Waals surface area contributed by atoms with Crippen LogP contribution >= 0.6 is 0 Å². The summed E-state index contributed by atoms with van der Waals surface area (Å²) in [5, 5.41) is 0. The third-order valence-corrected chi connectivity index (χ3v) is 3.44. The third kappa shape index (κ3) is 3.26. The van der Waals surface area contributed by atoms with Gasteiger partial charge in [0.15, 0.2) is 17.3 Å². The van der Waals surface area contributed by atoms with Crippen molar-refractivity contribution in [1.82, 2.24) is 4.90 Å². The Morgan fingerprint density at radius 2 is 2.21 bits per heavy atom. The van der Waals surface area contributed by atoms with Crippen LogP contribution in [-0.2, 0) is 0 Å². The molecule has 1 saturated heterocycles. The molecule has 0 saturated carbocycles. The topological polar surface area (TPSA) is 38.8 Å². The van der Waals surface area contributed by atoms with E-state index in [1.807, 2.05) is 12.1 Å². The summed E-state index contributed by atoms with van der Waals surface area (Å²) >= 11 is 0. The fourth-order valence-electron chi connectivity index (χ4n) is 2.46. The number of ketones is 1. The summed E-state index contributed by atoms with van der Waals surface area (Å²) in [6, 6.07) is 5.43. The maximum atomic E-state index is 11.7. The first kappa shape index (κ1) is 13.9. The number of hydrogen-bond acceptors (Lipinski definition) is 4. The van der Waals surface area contributed by atoms with Crippen LogP contribution in [0.4, 0.5) is 0 Å². The molecule has 1 unspecified atom stereocenters. The molecule has 0 amide bonds. The van der Waals surface area contributed by atoms with Crippen LogP contribution in [0.3, 0.4) is 0 Å². The molecular weight excluding hydrogens is 242 g/mol. The molecule has 19 heavy (non-hydrogen) atoms. The van der Waals surface area contributed by atoms with Gasteiger partial charge in [0.1, 0.15) is 6.10 Å². The molecular formula is C15H21NO3. The number of benzene rings is 1. The zero-order valence-corrected chi connectivity index (χ0v) is 11.8. The lowest BCUT2D eigenvalue weighted by atomic mass is 10.1. The van der Waals surface area contributed by atoms with Crippen molar-refractivity contribution in [2.45, 2.75) is 25.9 Å². The Morgan fingerprint density at radius 3 is 2.84 bits per heavy atom. The summed E-state index contributed by atoms with van der Waals surface area (Å²) in [5.74, 6) is 1.21. The van der Waals surface area contributed by atoms with Gasteiger partial charge in [-0.2, -0.15) is 0 Å². The van der Waals surface area contributed by atoms with E-state index in [0.717, 1.165) is 25.9 Å². The van der Waals surface area contributed by atoms with E-state index < -0.39 is 0 Å². The maximum absolute atomic E-state index is 11.7. The number of Topliss-reactive ketones (excluding diaryl/α,β-unsaturated/α-hetero) is 1. The fraction of sp³-hybridized carbons (Fsp3) is 0.533. The molecule has 0 bridgehead atoms. The molecule has 104 valence electrons. The highest BCUT2D eigenvalue weighted by molar-refractivity contribution is 5.97. The molecule has 0 N–H and O–H groups in total. The van der Waals surface area contributed by atoms with Crippen molar-refractivity contribution in [3.8, 4) is 11.5 Å². The Labute approximate surface area is 114 Å². The number of piperidine rings is 1. The quantitative estimate of drug-likeness (QED) is 0.782. The van der Waals surface area contributed by atoms with Crippen molar-refractivity contribution in [2.75, 3.05) is 27.2 Å². The number of rotatable bonds is 4. The van der Waals surface area contributed by atoms with Gasteiger partial charge >= 0.3 is 0 Å². The predicted octanol–water partition coefficient (Wildman–Crippen LogP) is 2.37. The smallest absolute Gasteiger partial charge is 0.172 e. The summed E-state index contributed by atoms with van der Waals surface area (Å²) in [5.41, 5.74) is 0.590. The maximum Gasteiger partial charge on any atom is 0.172 e. The van der Waals surface area contributed by atoms with Gasteiger partial charge in [-0.25, -0.2) is 0 Å². The summed E-state index contributed by atoms with van der Waals surface area (Å²) < 4.78 is 11.4. The average Bonchev–Trinajstić information content (AvgIpc) is 2.38. The number of likely N-dealkylation sites (N-methyl/N-ethyl adjacent to an activating group) is 1. The summed E-state index contributed by atoms with van der Waals surface area (Å²) in [7, 11) is 3.68. The van der Waals surface area contributed by atoms with Gasteiger partial charge in [-0.3, -0.25) is 4.79 Å². The summed E-state index contributed by atoms with van der Waals surface area (Å²) in [6.45, 7) is 3.54. The highest BCUT2D eigenvalue weighted by Gasteiger charge is 2.22. The molecule has 1 aliphatic heterocycles. The zero-order chi connectivity index (χ0) is 13.8. The van der Waals surface area contributed by atoms with E-state index in [4.69, 9.17) is 9.47 Å². The van der Waals surface area contributed by atoms with Crippen molar-refractivity contribution < 1.29 is 14.3 Å². The lowest BCUT2D eigenvalue weighted by molar-refractivity contribution is 0.0940. The van der Waals surface area contributed by atoms with E-state index >= 15 is 0 Å². The molecule has 1 fully saturated rings. The van der Waals surface area contributed by atoms with Gasteiger partial charge in [0.25, 0.3) is 0 Å². The Morgan fingerprint density at radius 1 is 1.42 bits per heavy atom. The van der Waals surface area contributed by atoms with E-state index in [-0.39, 0.29) is 11.9 Å². The molecule has 0 aliphatic carbocycles. The van der Waals surface area contributed by atoms with Gasteiger partial charge < -0.3 is 14.4 Å². The highest BCUT2D eigenvalue weighted by Crippen LogP contribution is 2.33. The lowest BCUT2D eigenvalue weighted by Gasteiger charge is -2.30. The molecule has 0 spiro atoms. The third-order valence-electron chi connectivity index (χ3n) is 3.44. The van der Waals surface area contributed by atoms with Gasteiger partial charge in [0, 0.05) is 6.54 Å². The van der Waals surface area contributed by atoms with Crippen LogP contribution < -0.4 is 9.47 Å². The normalized spacial score (nSPS) is 20.1. The second kappa shape index (κ2) is 6.06. The molecule has 1 atom stereocenters. The Balaban J connectivity index is 2.24. The van der Waals surface area contributed by atoms with Gasteiger partial charge in [0.2, 0.25) is 0 Å². The van der Waals surface area contributed by atoms with Crippen LogP contribution in [0.1, 0.15) is 30.1 Å². The van der Waals surface area contributed by atoms with E-state index in [1.165, 1.54) is 0 Å². The number of methoxy groups -OCH3 is 1. The Hall–Kier alpha value is -1.55. The van der Waals surface area contributed by atoms with Gasteiger partial charge in [0.05, 0.1) is 12.7 Å². The molecule has 1 aliphatic rings. The van der Waals surface area contributed by atoms with E-state index in [2.05, 4.69) is 11.9 Å². The largest absolute Gasteiger partial charge is 0.493 e. The van der Waals surface area contributed by atoms with E-state index in [0.29, 0.717) is 17.1 Å². The average molecular weight is 263 g/mol. The molecule has 0 aromatic heterocycles. The SMILES string of the molecule is COc1cccc(C(C)=O)c1OC1CCCN(C)C1. The Bertz CT molecular complexity index is 459. The van der Waals surface area contributed by atoms with Crippen molar-refractivity contribution in [2.24, 2.45) is 0 Å². The number of carbonyl (C=O) groups excluding carboxylic acids is 1. The summed E-state index contributed by atoms with van der Waals surface area (Å²) in [6.07, 6.45) is 2.25. The van der Waals surface area contributed by atoms with Crippen molar-refractivity contribution in [1.29, 1.82) is 0 Å². The predicted molar refractivity (Wildman–Crippen MR) is 74.1 cm³/mol. The Kier molecular flexibility index (Phi) is 4.43. The molecule has 1 aromatic carbocycles. The monoisotopic (exact) mass is 263 g/mol. The van der Waals surface area contributed by atoms with E-state index in [1.54, 1.807) is 20.1 Å². The number of para-hydroxylation sites is 1. The van der Waals surface area contributed by atoms with Crippen LogP contribution in [0.15, 0.2) is 18.2 Å². The van der Waals surface area contributed by atoms with Crippen LogP contribution in [-0.4, -0.2) is 44.0 Å². The van der Waals surface area contributed by atoms with Crippen molar-refractivity contribution in [3.63, 3.8) is 0 Å². The summed E-state index contributed by atoms with van der Waals surface area (Å²) in [4.78, 5) is 13.9. The van der Waals surface area contributed by atoms with Crippen molar-refractivity contribution >= 4 is 5.78 Å². The number of carbonyl (C=O) groups is 1. The first-order valence-electron chi connectivity index (χ1n) is 6.65. The molecule has 4 nitrogen and oxygen atoms in total. The number of ether oxygens (including phenoxy) is 2. The standard InChI is InChI=1S/C15H21NO3/c1-11(17)13-7-4-8-14(18-3)15(13)19-12-6-5-9-16(2)10-12/h4,7-8,12H,5-6,9-10H2,1-3H3. The molecule has 0 radical (unpaired) electrons. The molecule has 2 rings (SSSR count). The van der Waals surface area contributed by atoms with Gasteiger partial charge in [-0.05, 0) is 45.5 Å². The second-order valence-electron chi connectivity index (χ2n) is 5.04. The molecule has 1 heterocycles. The highest BCUT2D eigenvalue weighted by atomic mass is 16.5. The molecule has 4 heteroatoms. The van der Waals surface area contributed by atoms with Crippen molar-refractivity contribution in [3.05, 3.63) is 23.8 Å². The van der Waals surface area contributed by atoms with Crippen LogP contribution in [0.2, 0.25) is 0 Å². The van der Waals surface area contributed by atoms with Crippen LogP contribution in [0.5, 0.6) is 11.5 Å². The minimum atomic E-state index is -0.00179.